The number of hydrogen-bond acceptors (Lipinski definition) is 12. The normalized spacial score (nSPS) is 23.9. The van der Waals surface area contributed by atoms with Crippen LogP contribution in [0.1, 0.15) is 198 Å². The van der Waals surface area contributed by atoms with Gasteiger partial charge < -0.3 is 4.74 Å². The van der Waals surface area contributed by atoms with E-state index >= 15 is 0 Å². The van der Waals surface area contributed by atoms with Gasteiger partial charge in [-0.3, -0.25) is 18.2 Å². The van der Waals surface area contributed by atoms with Crippen molar-refractivity contribution < 1.29 is 105 Å². The first-order valence-electron chi connectivity index (χ1n) is 27.5. The van der Waals surface area contributed by atoms with E-state index in [1.807, 2.05) is 53.7 Å². The van der Waals surface area contributed by atoms with Gasteiger partial charge in [0.05, 0.1) is 11.5 Å². The molecule has 1 saturated heterocycles. The van der Waals surface area contributed by atoms with Crippen LogP contribution in [0.5, 0.6) is 0 Å². The van der Waals surface area contributed by atoms with E-state index in [1.54, 1.807) is 18.2 Å². The van der Waals surface area contributed by atoms with Gasteiger partial charge in [0.15, 0.2) is 0 Å². The Labute approximate surface area is 482 Å². The zero-order valence-corrected chi connectivity index (χ0v) is 51.2. The summed E-state index contributed by atoms with van der Waals surface area (Å²) in [6.07, 6.45) is 18.2. The zero-order chi connectivity index (χ0) is 63.0. The summed E-state index contributed by atoms with van der Waals surface area (Å²) in [5.74, 6) is -6.61. The third-order valence-electron chi connectivity index (χ3n) is 16.6. The number of carbonyl (C=O) groups excluding carboxylic acids is 1. The van der Waals surface area contributed by atoms with E-state index in [0.29, 0.717) is 41.2 Å². The summed E-state index contributed by atoms with van der Waals surface area (Å²) in [6, 6.07) is 11.2. The molecule has 4 bridgehead atoms. The minimum atomic E-state index is -6.98. The molecule has 0 amide bonds. The van der Waals surface area contributed by atoms with E-state index in [9.17, 15) is 91.1 Å². The van der Waals surface area contributed by atoms with Gasteiger partial charge in [0.2, 0.25) is 0 Å². The van der Waals surface area contributed by atoms with Crippen LogP contribution in [0, 0.1) is 23.2 Å². The lowest BCUT2D eigenvalue weighted by molar-refractivity contribution is -0.246. The molecule has 6 saturated carbocycles. The molecule has 9 rings (SSSR count). The molecule has 2 aromatic carbocycles. The molecule has 0 unspecified atom stereocenters. The number of ether oxygens (including phenoxy) is 1. The van der Waals surface area contributed by atoms with Crippen LogP contribution in [0.4, 0.5) is 35.1 Å². The fourth-order valence-electron chi connectivity index (χ4n) is 12.8. The van der Waals surface area contributed by atoms with Gasteiger partial charge in [-0.15, -0.1) is 0 Å². The van der Waals surface area contributed by atoms with Crippen molar-refractivity contribution in [2.24, 2.45) is 23.2 Å². The highest BCUT2D eigenvalue weighted by atomic mass is 32.2. The molecule has 7 fully saturated rings. The zero-order valence-electron chi connectivity index (χ0n) is 47.1. The highest BCUT2D eigenvalue weighted by Crippen LogP contribution is 2.60. The molecule has 7 aliphatic rings. The van der Waals surface area contributed by atoms with E-state index in [4.69, 9.17) is 9.11 Å². The Morgan fingerprint density at radius 2 is 0.988 bits per heavy atom. The first kappa shape index (κ1) is 70.7. The standard InChI is InChI=1S/C18H26O3S.C14H22O3S.C13H18F2O5S.C8H11F6NO5S2/c19-22(20,21)18-13-16(14-7-3-1-4-8-14)11-12-17(18)15-9-5-2-6-10-15;1-13(2,3)10-8-7-9-11(14(4,5)6)12(10)18(15,16)17;14-13(15,21(17,18)19)11(16)20-7-12-4-8-1-9(5-12)3-10(2-8)6-12;9-6(10,8(13,14)22(18,19)20)7(11,12)21(16,17)15-4-2-1-3-5-15/h11-15H,1-10H2,(H,19,20,21);7-9H,1-6H3,(H,15,16,17);8-10H,1-7H2,(H,17,18,19);1-5H2,(H,18,19,20). The average molecular weight is 1300 g/mol. The van der Waals surface area contributed by atoms with Crippen molar-refractivity contribution in [3.8, 4) is 0 Å². The van der Waals surface area contributed by atoms with Gasteiger partial charge in [-0.25, -0.2) is 13.2 Å². The molecule has 17 nitrogen and oxygen atoms in total. The number of esters is 1. The molecule has 1 aliphatic heterocycles. The molecule has 0 spiro atoms. The fraction of sp³-hybridized carbons (Fsp3) is 0.755. The Kier molecular flexibility index (Phi) is 21.7. The van der Waals surface area contributed by atoms with Gasteiger partial charge in [-0.1, -0.05) is 117 Å². The molecule has 4 N–H and O–H groups in total. The molecule has 6 aliphatic carbocycles. The summed E-state index contributed by atoms with van der Waals surface area (Å²) in [5, 5.41) is -18.0. The number of benzene rings is 2. The first-order valence-corrected chi connectivity index (χ1v) is 34.7. The maximum absolute atomic E-state index is 13.6. The minimum absolute atomic E-state index is 0.0512. The average Bonchev–Trinajstić information content (AvgIpc) is 3.39. The third-order valence-corrected chi connectivity index (χ3v) is 22.1. The summed E-state index contributed by atoms with van der Waals surface area (Å²) >= 11 is 0. The van der Waals surface area contributed by atoms with Crippen LogP contribution < -0.4 is 0 Å². The van der Waals surface area contributed by atoms with E-state index in [0.717, 1.165) is 88.2 Å². The maximum atomic E-state index is 13.6. The molecule has 0 atom stereocenters. The van der Waals surface area contributed by atoms with Crippen LogP contribution in [0.2, 0.25) is 0 Å². The second-order valence-electron chi connectivity index (χ2n) is 25.1. The Morgan fingerprint density at radius 1 is 0.566 bits per heavy atom. The van der Waals surface area contributed by atoms with E-state index in [2.05, 4.69) is 10.8 Å². The fourth-order valence-corrected chi connectivity index (χ4v) is 17.3. The molecule has 476 valence electrons. The Bertz CT molecular complexity index is 3140. The molecule has 0 aromatic heterocycles. The van der Waals surface area contributed by atoms with Crippen LogP contribution in [0.3, 0.4) is 0 Å². The quantitative estimate of drug-likeness (QED) is 0.0824. The SMILES string of the molecule is CC(C)(C)c1cccc(C(C)(C)C)c1S(=O)(=O)O.O=C(OCC12CC3CC(CC(C3)C1)C2)C(F)(F)S(=O)(=O)O.O=S(=O)(O)C(F)(F)C(F)(F)C(F)(F)S(=O)(=O)N1CCCCC1.O=S(=O)(O)c1cc(C2CCCCC2)ccc1C1CCCCC1. The van der Waals surface area contributed by atoms with Gasteiger partial charge >= 0.3 is 47.9 Å². The minimum Gasteiger partial charge on any atom is -0.460 e. The van der Waals surface area contributed by atoms with Gasteiger partial charge in [0, 0.05) is 18.5 Å². The van der Waals surface area contributed by atoms with Gasteiger partial charge in [0.25, 0.3) is 30.3 Å². The topological polar surface area (TPSA) is 281 Å². The van der Waals surface area contributed by atoms with Crippen molar-refractivity contribution in [3.05, 3.63) is 58.7 Å². The number of rotatable bonds is 13. The predicted molar refractivity (Wildman–Crippen MR) is 290 cm³/mol. The number of alkyl halides is 8. The van der Waals surface area contributed by atoms with Gasteiger partial charge in [-0.05, 0) is 146 Å². The molecule has 30 heteroatoms. The molecular formula is C53H77F8NO16S5. The van der Waals surface area contributed by atoms with Crippen LogP contribution in [-0.2, 0) is 70.9 Å². The van der Waals surface area contributed by atoms with Gasteiger partial charge in [-0.2, -0.15) is 73.1 Å². The van der Waals surface area contributed by atoms with Gasteiger partial charge in [0.1, 0.15) is 4.90 Å². The number of sulfonamides is 1. The van der Waals surface area contributed by atoms with Crippen molar-refractivity contribution in [2.75, 3.05) is 19.7 Å². The van der Waals surface area contributed by atoms with Crippen molar-refractivity contribution >= 4 is 56.5 Å². The largest absolute Gasteiger partial charge is 0.465 e. The van der Waals surface area contributed by atoms with Crippen LogP contribution in [0.25, 0.3) is 0 Å². The Hall–Kier alpha value is -3.10. The molecule has 1 heterocycles. The molecule has 0 radical (unpaired) electrons. The lowest BCUT2D eigenvalue weighted by Gasteiger charge is -2.56. The van der Waals surface area contributed by atoms with E-state index in [-0.39, 0.29) is 55.7 Å². The van der Waals surface area contributed by atoms with Crippen LogP contribution in [-0.4, -0.2) is 112 Å². The Balaban J connectivity index is 0.000000203. The lowest BCUT2D eigenvalue weighted by atomic mass is 9.50. The number of halogens is 8. The van der Waals surface area contributed by atoms with E-state index in [1.165, 1.54) is 25.7 Å². The monoisotopic (exact) mass is 1300 g/mol. The first-order chi connectivity index (χ1) is 37.6. The number of nitrogens with zero attached hydrogens (tertiary/aromatic N) is 1. The summed E-state index contributed by atoms with van der Waals surface area (Å²) in [7, 11) is -27.4. The van der Waals surface area contributed by atoms with Crippen molar-refractivity contribution in [2.45, 2.75) is 218 Å². The maximum Gasteiger partial charge on any atom is 0.465 e. The summed E-state index contributed by atoms with van der Waals surface area (Å²) in [4.78, 5) is 11.5. The molecular weight excluding hydrogens is 1220 g/mol. The van der Waals surface area contributed by atoms with Crippen LogP contribution >= 0.6 is 0 Å². The second kappa shape index (κ2) is 25.5. The number of piperidine rings is 1. The Morgan fingerprint density at radius 3 is 1.37 bits per heavy atom. The third kappa shape index (κ3) is 16.2. The van der Waals surface area contributed by atoms with Crippen molar-refractivity contribution in [1.82, 2.24) is 4.31 Å². The lowest BCUT2D eigenvalue weighted by Crippen LogP contribution is -2.63. The molecule has 83 heavy (non-hydrogen) atoms. The highest BCUT2D eigenvalue weighted by Gasteiger charge is 2.82. The number of hydrogen-bond donors (Lipinski definition) is 4. The summed E-state index contributed by atoms with van der Waals surface area (Å²) < 4.78 is 258. The molecule has 2 aromatic rings. The predicted octanol–water partition coefficient (Wildman–Crippen LogP) is 12.3. The second-order valence-corrected chi connectivity index (χ2v) is 32.8. The van der Waals surface area contributed by atoms with Crippen molar-refractivity contribution in [1.29, 1.82) is 0 Å². The highest BCUT2D eigenvalue weighted by molar-refractivity contribution is 7.90. The summed E-state index contributed by atoms with van der Waals surface area (Å²) in [6.45, 7) is 10.2. The summed E-state index contributed by atoms with van der Waals surface area (Å²) in [5.41, 5.74) is 2.27. The smallest absolute Gasteiger partial charge is 0.460 e. The van der Waals surface area contributed by atoms with Crippen molar-refractivity contribution in [3.63, 3.8) is 0 Å². The van der Waals surface area contributed by atoms with Crippen LogP contribution in [0.15, 0.2) is 46.2 Å². The van der Waals surface area contributed by atoms with E-state index < -0.39 is 91.2 Å². The number of carbonyl (C=O) groups is 1.